The average molecular weight is 375 g/mol. The van der Waals surface area contributed by atoms with Gasteiger partial charge in [-0.15, -0.1) is 0 Å². The first-order valence-electron chi connectivity index (χ1n) is 8.95. The molecule has 6 unspecified atom stereocenters. The molecule has 1 aromatic heterocycles. The second kappa shape index (κ2) is 5.94. The Labute approximate surface area is 155 Å². The highest BCUT2D eigenvalue weighted by Gasteiger charge is 2.70. The van der Waals surface area contributed by atoms with Crippen LogP contribution < -0.4 is 4.74 Å². The van der Waals surface area contributed by atoms with Crippen LogP contribution in [-0.2, 0) is 23.9 Å². The molecule has 2 saturated carbocycles. The van der Waals surface area contributed by atoms with Gasteiger partial charge < -0.3 is 19.3 Å². The lowest BCUT2D eigenvalue weighted by Crippen LogP contribution is -2.45. The molecule has 8 nitrogen and oxygen atoms in total. The minimum absolute atomic E-state index is 0.0340. The summed E-state index contributed by atoms with van der Waals surface area (Å²) in [4.78, 5) is 41.3. The van der Waals surface area contributed by atoms with Gasteiger partial charge in [-0.25, -0.2) is 4.98 Å². The zero-order valence-electron chi connectivity index (χ0n) is 15.2. The summed E-state index contributed by atoms with van der Waals surface area (Å²) in [6.45, 7) is 5.23. The van der Waals surface area contributed by atoms with Gasteiger partial charge in [0.15, 0.2) is 0 Å². The molecule has 3 fully saturated rings. The predicted octanol–water partition coefficient (Wildman–Crippen LogP) is 1.46. The van der Waals surface area contributed by atoms with Crippen LogP contribution >= 0.6 is 0 Å². The number of hydrogen-bond donors (Lipinski definition) is 1. The van der Waals surface area contributed by atoms with Crippen molar-refractivity contribution < 1.29 is 33.7 Å². The fourth-order valence-electron chi connectivity index (χ4n) is 4.37. The molecule has 1 N–H and O–H groups in total. The molecule has 0 aromatic carbocycles. The van der Waals surface area contributed by atoms with Gasteiger partial charge in [-0.3, -0.25) is 14.4 Å². The quantitative estimate of drug-likeness (QED) is 0.790. The number of fused-ring (bicyclic) bond motifs is 1. The van der Waals surface area contributed by atoms with E-state index in [4.69, 9.17) is 14.2 Å². The van der Waals surface area contributed by atoms with Gasteiger partial charge in [0.1, 0.15) is 18.0 Å². The van der Waals surface area contributed by atoms with Gasteiger partial charge in [0.25, 0.3) is 0 Å². The molecule has 6 atom stereocenters. The van der Waals surface area contributed by atoms with Gasteiger partial charge in [0, 0.05) is 17.9 Å². The number of pyridine rings is 1. The van der Waals surface area contributed by atoms with Crippen LogP contribution in [0.4, 0.5) is 0 Å². The Bertz CT molecular complexity index is 797. The minimum atomic E-state index is -0.741. The molecule has 2 bridgehead atoms. The maximum atomic E-state index is 12.8. The maximum Gasteiger partial charge on any atom is 0.316 e. The molecule has 1 saturated heterocycles. The zero-order chi connectivity index (χ0) is 19.5. The molecule has 0 amide bonds. The van der Waals surface area contributed by atoms with Gasteiger partial charge in [-0.2, -0.15) is 0 Å². The summed E-state index contributed by atoms with van der Waals surface area (Å²) < 4.78 is 16.4. The number of carbonyl (C=O) groups is 3. The van der Waals surface area contributed by atoms with Crippen molar-refractivity contribution in [2.24, 2.45) is 29.1 Å². The van der Waals surface area contributed by atoms with Crippen molar-refractivity contribution in [3.05, 3.63) is 18.3 Å². The number of hydrogen-bond acceptors (Lipinski definition) is 8. The summed E-state index contributed by atoms with van der Waals surface area (Å²) in [7, 11) is 0. The van der Waals surface area contributed by atoms with E-state index in [0.29, 0.717) is 6.42 Å². The molecule has 8 heteroatoms. The number of aromatic nitrogens is 1. The van der Waals surface area contributed by atoms with Crippen LogP contribution in [0.5, 0.6) is 11.6 Å². The first-order valence-corrected chi connectivity index (χ1v) is 8.95. The Hall–Kier alpha value is -2.64. The van der Waals surface area contributed by atoms with Gasteiger partial charge in [0.2, 0.25) is 5.88 Å². The molecule has 0 spiro atoms. The van der Waals surface area contributed by atoms with Gasteiger partial charge in [-0.05, 0) is 33.3 Å². The highest BCUT2D eigenvalue weighted by atomic mass is 16.6. The van der Waals surface area contributed by atoms with Crippen molar-refractivity contribution in [2.75, 3.05) is 0 Å². The lowest BCUT2D eigenvalue weighted by molar-refractivity contribution is -0.171. The summed E-state index contributed by atoms with van der Waals surface area (Å²) in [6.07, 6.45) is 0.604. The molecule has 1 aromatic rings. The highest BCUT2D eigenvalue weighted by molar-refractivity contribution is 5.87. The van der Waals surface area contributed by atoms with E-state index in [1.165, 1.54) is 12.1 Å². The maximum absolute atomic E-state index is 12.8. The Morgan fingerprint density at radius 1 is 1.26 bits per heavy atom. The summed E-state index contributed by atoms with van der Waals surface area (Å²) in [5, 5.41) is 9.28. The average Bonchev–Trinajstić information content (AvgIpc) is 3.19. The third-order valence-electron chi connectivity index (χ3n) is 5.60. The van der Waals surface area contributed by atoms with Crippen LogP contribution in [0, 0.1) is 29.1 Å². The Balaban J connectivity index is 1.56. The van der Waals surface area contributed by atoms with Crippen molar-refractivity contribution in [1.29, 1.82) is 0 Å². The number of rotatable bonds is 3. The van der Waals surface area contributed by atoms with Gasteiger partial charge in [0.05, 0.1) is 23.4 Å². The number of aromatic hydroxyl groups is 1. The zero-order valence-corrected chi connectivity index (χ0v) is 15.2. The SMILES string of the molecule is CC(C)(C)C(=O)OC1C2CC3C1OC(=O)C3C2C(=O)Oc1ccc(O)cn1. The standard InChI is InChI=1S/C19H21NO7/c1-19(2,3)18(24)27-15-10-6-9-13(17(23)26-14(9)15)12(10)16(22)25-11-5-4-8(21)7-20-11/h4-5,7,9-10,12-15,21H,6H2,1-3H3. The molecule has 2 aliphatic carbocycles. The van der Waals surface area contributed by atoms with Crippen LogP contribution in [0.2, 0.25) is 0 Å². The van der Waals surface area contributed by atoms with Crippen LogP contribution in [0.15, 0.2) is 18.3 Å². The highest BCUT2D eigenvalue weighted by Crippen LogP contribution is 2.59. The normalized spacial score (nSPS) is 33.7. The fourth-order valence-corrected chi connectivity index (χ4v) is 4.37. The summed E-state index contributed by atoms with van der Waals surface area (Å²) in [6, 6.07) is 2.72. The van der Waals surface area contributed by atoms with E-state index >= 15 is 0 Å². The Morgan fingerprint density at radius 3 is 2.63 bits per heavy atom. The van der Waals surface area contributed by atoms with E-state index in [1.807, 2.05) is 0 Å². The van der Waals surface area contributed by atoms with Crippen LogP contribution in [-0.4, -0.2) is 40.2 Å². The monoisotopic (exact) mass is 375 g/mol. The predicted molar refractivity (Wildman–Crippen MR) is 89.3 cm³/mol. The Morgan fingerprint density at radius 2 is 2.00 bits per heavy atom. The first kappa shape index (κ1) is 17.8. The minimum Gasteiger partial charge on any atom is -0.506 e. The van der Waals surface area contributed by atoms with Crippen LogP contribution in [0.25, 0.3) is 0 Å². The van der Waals surface area contributed by atoms with Gasteiger partial charge in [-0.1, -0.05) is 0 Å². The third kappa shape index (κ3) is 2.83. The molecular formula is C19H21NO7. The van der Waals surface area contributed by atoms with E-state index in [0.717, 1.165) is 6.20 Å². The van der Waals surface area contributed by atoms with Crippen LogP contribution in [0.3, 0.4) is 0 Å². The van der Waals surface area contributed by atoms with Crippen molar-refractivity contribution in [3.8, 4) is 11.6 Å². The number of esters is 3. The van der Waals surface area contributed by atoms with E-state index < -0.39 is 47.4 Å². The molecule has 144 valence electrons. The summed E-state index contributed by atoms with van der Waals surface area (Å²) in [5.41, 5.74) is -0.699. The second-order valence-electron chi connectivity index (χ2n) is 8.41. The molecule has 4 rings (SSSR count). The number of nitrogens with zero attached hydrogens (tertiary/aromatic N) is 1. The first-order chi connectivity index (χ1) is 12.7. The fraction of sp³-hybridized carbons (Fsp3) is 0.579. The van der Waals surface area contributed by atoms with Crippen molar-refractivity contribution in [2.45, 2.75) is 39.4 Å². The molecule has 1 aliphatic heterocycles. The molecular weight excluding hydrogens is 354 g/mol. The number of ether oxygens (including phenoxy) is 3. The topological polar surface area (TPSA) is 112 Å². The lowest BCUT2D eigenvalue weighted by atomic mass is 9.78. The van der Waals surface area contributed by atoms with E-state index in [-0.39, 0.29) is 23.5 Å². The number of carbonyl (C=O) groups excluding carboxylic acids is 3. The second-order valence-corrected chi connectivity index (χ2v) is 8.41. The van der Waals surface area contributed by atoms with Gasteiger partial charge >= 0.3 is 17.9 Å². The third-order valence-corrected chi connectivity index (χ3v) is 5.60. The molecule has 0 radical (unpaired) electrons. The molecule has 2 heterocycles. The summed E-state index contributed by atoms with van der Waals surface area (Å²) in [5.74, 6) is -3.24. The smallest absolute Gasteiger partial charge is 0.316 e. The van der Waals surface area contributed by atoms with Crippen molar-refractivity contribution >= 4 is 17.9 Å². The molecule has 27 heavy (non-hydrogen) atoms. The molecule has 3 aliphatic rings. The Kier molecular flexibility index (Phi) is 3.90. The largest absolute Gasteiger partial charge is 0.506 e. The van der Waals surface area contributed by atoms with E-state index in [9.17, 15) is 19.5 Å². The van der Waals surface area contributed by atoms with Crippen molar-refractivity contribution in [3.63, 3.8) is 0 Å². The van der Waals surface area contributed by atoms with E-state index in [2.05, 4.69) is 4.98 Å². The summed E-state index contributed by atoms with van der Waals surface area (Å²) >= 11 is 0. The van der Waals surface area contributed by atoms with Crippen LogP contribution in [0.1, 0.15) is 27.2 Å². The lowest BCUT2D eigenvalue weighted by Gasteiger charge is -2.31. The van der Waals surface area contributed by atoms with Crippen molar-refractivity contribution in [1.82, 2.24) is 4.98 Å². The van der Waals surface area contributed by atoms with E-state index in [1.54, 1.807) is 20.8 Å².